The van der Waals surface area contributed by atoms with Crippen molar-refractivity contribution < 1.29 is 9.18 Å². The summed E-state index contributed by atoms with van der Waals surface area (Å²) in [5.41, 5.74) is 6.81. The van der Waals surface area contributed by atoms with Gasteiger partial charge in [0, 0.05) is 12.1 Å². The standard InChI is InChI=1S/C21H25FN4O/c22-15-7-5-14(6-8-15)17-18(20(25)27)26-10-9-13-3-1-2-4-16(13)19(26)21(17,11-23)12-24/h9-10,14-15,17-19H,1-8H2,(H2,25,27)/t14?,15?,17-,18+,19-/m0/s1. The molecule has 0 aromatic rings. The summed E-state index contributed by atoms with van der Waals surface area (Å²) in [6.07, 6.45) is 9.03. The Balaban J connectivity index is 1.83. The molecule has 1 saturated heterocycles. The Morgan fingerprint density at radius 3 is 2.48 bits per heavy atom. The SMILES string of the molecule is N#CC1(C#N)[C@@H]2C3=C(C=CN2[C@@H](C(N)=O)[C@@H]1C1CCC(F)CC1)CCCC3. The minimum absolute atomic E-state index is 0.0413. The quantitative estimate of drug-likeness (QED) is 0.810. The molecule has 4 aliphatic rings. The van der Waals surface area contributed by atoms with Crippen molar-refractivity contribution in [3.63, 3.8) is 0 Å². The summed E-state index contributed by atoms with van der Waals surface area (Å²) in [5.74, 6) is -1.02. The summed E-state index contributed by atoms with van der Waals surface area (Å²) < 4.78 is 13.7. The predicted octanol–water partition coefficient (Wildman–Crippen LogP) is 3.10. The smallest absolute Gasteiger partial charge is 0.240 e. The molecule has 2 heterocycles. The molecule has 0 radical (unpaired) electrons. The Kier molecular flexibility index (Phi) is 4.46. The van der Waals surface area contributed by atoms with Crippen molar-refractivity contribution in [2.45, 2.75) is 69.6 Å². The highest BCUT2D eigenvalue weighted by atomic mass is 19.1. The summed E-state index contributed by atoms with van der Waals surface area (Å²) in [5, 5.41) is 20.5. The molecule has 142 valence electrons. The van der Waals surface area contributed by atoms with E-state index in [0.29, 0.717) is 25.7 Å². The van der Waals surface area contributed by atoms with Crippen LogP contribution < -0.4 is 5.73 Å². The molecule has 0 aromatic carbocycles. The van der Waals surface area contributed by atoms with Gasteiger partial charge in [0.05, 0.1) is 18.2 Å². The molecular formula is C21H25FN4O. The zero-order valence-corrected chi connectivity index (χ0v) is 15.4. The lowest BCUT2D eigenvalue weighted by Crippen LogP contribution is -2.46. The normalized spacial score (nSPS) is 37.1. The van der Waals surface area contributed by atoms with Crippen molar-refractivity contribution in [1.29, 1.82) is 10.5 Å². The van der Waals surface area contributed by atoms with Gasteiger partial charge in [-0.25, -0.2) is 4.39 Å². The van der Waals surface area contributed by atoms with Gasteiger partial charge < -0.3 is 10.6 Å². The number of nitrogens with two attached hydrogens (primary N) is 1. The van der Waals surface area contributed by atoms with Crippen LogP contribution in [0.3, 0.4) is 0 Å². The van der Waals surface area contributed by atoms with Gasteiger partial charge in [-0.05, 0) is 74.5 Å². The minimum atomic E-state index is -1.32. The van der Waals surface area contributed by atoms with E-state index in [0.717, 1.165) is 31.3 Å². The molecule has 27 heavy (non-hydrogen) atoms. The first-order chi connectivity index (χ1) is 13.0. The van der Waals surface area contributed by atoms with Crippen LogP contribution in [0.2, 0.25) is 0 Å². The first kappa shape index (κ1) is 18.0. The number of nitrogens with zero attached hydrogens (tertiary/aromatic N) is 3. The number of primary amides is 1. The number of nitriles is 2. The number of halogens is 1. The number of rotatable bonds is 2. The van der Waals surface area contributed by atoms with Gasteiger partial charge in [-0.1, -0.05) is 0 Å². The average molecular weight is 368 g/mol. The molecule has 2 N–H and O–H groups in total. The van der Waals surface area contributed by atoms with Gasteiger partial charge in [-0.3, -0.25) is 4.79 Å². The highest BCUT2D eigenvalue weighted by molar-refractivity contribution is 5.82. The van der Waals surface area contributed by atoms with Crippen molar-refractivity contribution in [2.75, 3.05) is 0 Å². The molecule has 6 heteroatoms. The van der Waals surface area contributed by atoms with E-state index in [1.54, 1.807) is 0 Å². The number of hydrogen-bond donors (Lipinski definition) is 1. The van der Waals surface area contributed by atoms with Crippen LogP contribution in [0.15, 0.2) is 23.4 Å². The average Bonchev–Trinajstić information content (AvgIpc) is 3.00. The molecule has 3 atom stereocenters. The van der Waals surface area contributed by atoms with Crippen LogP contribution in [0.1, 0.15) is 51.4 Å². The Morgan fingerprint density at radius 2 is 1.85 bits per heavy atom. The molecule has 0 aromatic heterocycles. The molecule has 4 rings (SSSR count). The van der Waals surface area contributed by atoms with E-state index in [1.165, 1.54) is 5.57 Å². The molecule has 0 spiro atoms. The highest BCUT2D eigenvalue weighted by Crippen LogP contribution is 2.56. The second-order valence-corrected chi connectivity index (χ2v) is 8.40. The minimum Gasteiger partial charge on any atom is -0.368 e. The third-order valence-corrected chi connectivity index (χ3v) is 7.12. The molecule has 2 fully saturated rings. The van der Waals surface area contributed by atoms with Crippen molar-refractivity contribution in [3.05, 3.63) is 23.4 Å². The van der Waals surface area contributed by atoms with Crippen LogP contribution in [0.25, 0.3) is 0 Å². The Labute approximate surface area is 159 Å². The first-order valence-corrected chi connectivity index (χ1v) is 9.97. The lowest BCUT2D eigenvalue weighted by Gasteiger charge is -2.38. The molecule has 0 bridgehead atoms. The van der Waals surface area contributed by atoms with E-state index >= 15 is 0 Å². The lowest BCUT2D eigenvalue weighted by atomic mass is 9.62. The van der Waals surface area contributed by atoms with E-state index in [2.05, 4.69) is 12.1 Å². The van der Waals surface area contributed by atoms with Gasteiger partial charge in [0.1, 0.15) is 12.2 Å². The Bertz CT molecular complexity index is 767. The number of alkyl halides is 1. The number of allylic oxidation sites excluding steroid dienone is 2. The van der Waals surface area contributed by atoms with Gasteiger partial charge in [-0.2, -0.15) is 10.5 Å². The van der Waals surface area contributed by atoms with E-state index in [1.807, 2.05) is 17.2 Å². The second-order valence-electron chi connectivity index (χ2n) is 8.40. The fraction of sp³-hybridized carbons (Fsp3) is 0.667. The zero-order valence-electron chi connectivity index (χ0n) is 15.4. The van der Waals surface area contributed by atoms with Crippen molar-refractivity contribution >= 4 is 5.91 Å². The number of carbonyl (C=O) groups excluding carboxylic acids is 1. The summed E-state index contributed by atoms with van der Waals surface area (Å²) >= 11 is 0. The van der Waals surface area contributed by atoms with E-state index in [9.17, 15) is 19.7 Å². The molecule has 2 aliphatic heterocycles. The van der Waals surface area contributed by atoms with Gasteiger partial charge in [0.15, 0.2) is 5.41 Å². The Hall–Kier alpha value is -2.34. The zero-order chi connectivity index (χ0) is 19.2. The molecular weight excluding hydrogens is 343 g/mol. The van der Waals surface area contributed by atoms with Crippen LogP contribution in [-0.4, -0.2) is 29.1 Å². The summed E-state index contributed by atoms with van der Waals surface area (Å²) in [7, 11) is 0. The summed E-state index contributed by atoms with van der Waals surface area (Å²) in [4.78, 5) is 14.4. The molecule has 1 saturated carbocycles. The fourth-order valence-electron chi connectivity index (χ4n) is 5.96. The molecule has 1 amide bonds. The third kappa shape index (κ3) is 2.57. The summed E-state index contributed by atoms with van der Waals surface area (Å²) in [6.45, 7) is 0. The van der Waals surface area contributed by atoms with Crippen LogP contribution in [0.4, 0.5) is 4.39 Å². The monoisotopic (exact) mass is 368 g/mol. The first-order valence-electron chi connectivity index (χ1n) is 9.97. The number of fused-ring (bicyclic) bond motifs is 2. The number of hydrogen-bond acceptors (Lipinski definition) is 4. The van der Waals surface area contributed by atoms with Gasteiger partial charge in [-0.15, -0.1) is 0 Å². The van der Waals surface area contributed by atoms with Crippen LogP contribution in [0, 0.1) is 39.9 Å². The van der Waals surface area contributed by atoms with Crippen LogP contribution in [-0.2, 0) is 4.79 Å². The van der Waals surface area contributed by atoms with Gasteiger partial charge in [0.2, 0.25) is 5.91 Å². The van der Waals surface area contributed by atoms with Gasteiger partial charge in [0.25, 0.3) is 0 Å². The maximum Gasteiger partial charge on any atom is 0.240 e. The second kappa shape index (κ2) is 6.68. The third-order valence-electron chi connectivity index (χ3n) is 7.12. The van der Waals surface area contributed by atoms with Crippen molar-refractivity contribution in [2.24, 2.45) is 23.0 Å². The van der Waals surface area contributed by atoms with E-state index in [4.69, 9.17) is 5.73 Å². The molecule has 2 aliphatic carbocycles. The molecule has 5 nitrogen and oxygen atoms in total. The van der Waals surface area contributed by atoms with Crippen LogP contribution >= 0.6 is 0 Å². The van der Waals surface area contributed by atoms with Crippen molar-refractivity contribution in [3.8, 4) is 12.1 Å². The largest absolute Gasteiger partial charge is 0.368 e. The summed E-state index contributed by atoms with van der Waals surface area (Å²) in [6, 6.07) is 3.55. The predicted molar refractivity (Wildman–Crippen MR) is 97.2 cm³/mol. The van der Waals surface area contributed by atoms with Crippen LogP contribution in [0.5, 0.6) is 0 Å². The van der Waals surface area contributed by atoms with E-state index < -0.39 is 35.5 Å². The Morgan fingerprint density at radius 1 is 1.19 bits per heavy atom. The maximum absolute atomic E-state index is 13.7. The lowest BCUT2D eigenvalue weighted by molar-refractivity contribution is -0.123. The van der Waals surface area contributed by atoms with Gasteiger partial charge >= 0.3 is 0 Å². The number of carbonyl (C=O) groups is 1. The fourth-order valence-corrected chi connectivity index (χ4v) is 5.96. The topological polar surface area (TPSA) is 93.9 Å². The van der Waals surface area contributed by atoms with E-state index in [-0.39, 0.29) is 5.92 Å². The maximum atomic E-state index is 13.7. The molecule has 0 unspecified atom stereocenters. The number of amides is 1. The highest BCUT2D eigenvalue weighted by Gasteiger charge is 2.65. The van der Waals surface area contributed by atoms with Crippen molar-refractivity contribution in [1.82, 2.24) is 4.90 Å².